The molecule has 0 aromatic heterocycles. The van der Waals surface area contributed by atoms with E-state index in [2.05, 4.69) is 5.32 Å². The van der Waals surface area contributed by atoms with Crippen LogP contribution in [0.2, 0.25) is 0 Å². The van der Waals surface area contributed by atoms with Crippen LogP contribution in [0.1, 0.15) is 49.4 Å². The van der Waals surface area contributed by atoms with Crippen molar-refractivity contribution in [2.75, 3.05) is 26.2 Å². The highest BCUT2D eigenvalue weighted by Gasteiger charge is 2.35. The van der Waals surface area contributed by atoms with Gasteiger partial charge in [-0.2, -0.15) is 0 Å². The van der Waals surface area contributed by atoms with E-state index in [1.165, 1.54) is 0 Å². The lowest BCUT2D eigenvalue weighted by atomic mass is 10.1. The summed E-state index contributed by atoms with van der Waals surface area (Å²) in [7, 11) is 0. The number of carbonyl (C=O) groups excluding carboxylic acids is 3. The molecule has 1 aromatic carbocycles. The summed E-state index contributed by atoms with van der Waals surface area (Å²) in [6.07, 6.45) is 4.44. The number of ether oxygens (including phenoxy) is 1. The van der Waals surface area contributed by atoms with Crippen LogP contribution in [-0.2, 0) is 9.59 Å². The summed E-state index contributed by atoms with van der Waals surface area (Å²) >= 11 is 0. The standard InChI is InChI=1S/C22H29N3O4/c1-2-19-20(26)23-11-14-25(19)22(28)16-5-7-17(8-6-16)29-18-9-12-24(13-10-18)21(27)15-3-4-15/h5-8,15,18-19H,2-4,9-14H2,1H3,(H,23,26). The van der Waals surface area contributed by atoms with Gasteiger partial charge in [0.15, 0.2) is 0 Å². The van der Waals surface area contributed by atoms with Crippen LogP contribution in [0.4, 0.5) is 0 Å². The van der Waals surface area contributed by atoms with Gasteiger partial charge in [0.2, 0.25) is 11.8 Å². The van der Waals surface area contributed by atoms with Crippen LogP contribution in [0.25, 0.3) is 0 Å². The van der Waals surface area contributed by atoms with Crippen molar-refractivity contribution in [2.45, 2.75) is 51.2 Å². The number of likely N-dealkylation sites (tertiary alicyclic amines) is 1. The zero-order valence-electron chi connectivity index (χ0n) is 16.9. The zero-order chi connectivity index (χ0) is 20.4. The van der Waals surface area contributed by atoms with Gasteiger partial charge >= 0.3 is 0 Å². The molecule has 0 radical (unpaired) electrons. The van der Waals surface area contributed by atoms with Crippen LogP contribution in [0.15, 0.2) is 24.3 Å². The van der Waals surface area contributed by atoms with Gasteiger partial charge in [-0.25, -0.2) is 0 Å². The molecule has 2 aliphatic heterocycles. The number of rotatable bonds is 5. The maximum atomic E-state index is 12.8. The molecule has 1 atom stereocenters. The van der Waals surface area contributed by atoms with Gasteiger partial charge in [0, 0.05) is 50.5 Å². The van der Waals surface area contributed by atoms with Crippen molar-refractivity contribution < 1.29 is 19.1 Å². The van der Waals surface area contributed by atoms with Gasteiger partial charge in [0.05, 0.1) is 0 Å². The number of piperazine rings is 1. The molecule has 0 bridgehead atoms. The predicted molar refractivity (Wildman–Crippen MR) is 108 cm³/mol. The molecule has 1 saturated carbocycles. The van der Waals surface area contributed by atoms with Crippen molar-refractivity contribution in [3.63, 3.8) is 0 Å². The number of benzene rings is 1. The monoisotopic (exact) mass is 399 g/mol. The van der Waals surface area contributed by atoms with Crippen molar-refractivity contribution in [3.05, 3.63) is 29.8 Å². The molecular formula is C22H29N3O4. The number of piperidine rings is 1. The van der Waals surface area contributed by atoms with Crippen LogP contribution in [0, 0.1) is 5.92 Å². The molecule has 3 aliphatic rings. The third-order valence-electron chi connectivity index (χ3n) is 6.06. The number of hydrogen-bond acceptors (Lipinski definition) is 4. The minimum Gasteiger partial charge on any atom is -0.490 e. The summed E-state index contributed by atoms with van der Waals surface area (Å²) in [6.45, 7) is 4.44. The SMILES string of the molecule is CCC1C(=O)NCCN1C(=O)c1ccc(OC2CCN(C(=O)C3CC3)CC2)cc1. The van der Waals surface area contributed by atoms with E-state index >= 15 is 0 Å². The Morgan fingerprint density at radius 1 is 1.07 bits per heavy atom. The highest BCUT2D eigenvalue weighted by Crippen LogP contribution is 2.32. The topological polar surface area (TPSA) is 79.0 Å². The van der Waals surface area contributed by atoms with Crippen molar-refractivity contribution >= 4 is 17.7 Å². The first kappa shape index (κ1) is 19.7. The molecule has 1 unspecified atom stereocenters. The van der Waals surface area contributed by atoms with Gasteiger partial charge in [0.1, 0.15) is 17.9 Å². The lowest BCUT2D eigenvalue weighted by Crippen LogP contribution is -2.56. The zero-order valence-corrected chi connectivity index (χ0v) is 16.9. The van der Waals surface area contributed by atoms with Gasteiger partial charge in [-0.1, -0.05) is 6.92 Å². The molecule has 7 heteroatoms. The largest absolute Gasteiger partial charge is 0.490 e. The molecule has 1 aliphatic carbocycles. The Morgan fingerprint density at radius 3 is 2.38 bits per heavy atom. The van der Waals surface area contributed by atoms with E-state index in [1.807, 2.05) is 24.0 Å². The Bertz CT molecular complexity index is 767. The summed E-state index contributed by atoms with van der Waals surface area (Å²) in [5, 5.41) is 2.82. The lowest BCUT2D eigenvalue weighted by molar-refractivity contribution is -0.134. The molecule has 0 spiro atoms. The summed E-state index contributed by atoms with van der Waals surface area (Å²) in [4.78, 5) is 40.6. The Balaban J connectivity index is 1.31. The Hall–Kier alpha value is -2.57. The second-order valence-corrected chi connectivity index (χ2v) is 8.15. The summed E-state index contributed by atoms with van der Waals surface area (Å²) in [5.41, 5.74) is 0.565. The van der Waals surface area contributed by atoms with Crippen molar-refractivity contribution in [1.82, 2.24) is 15.1 Å². The van der Waals surface area contributed by atoms with Gasteiger partial charge in [-0.3, -0.25) is 14.4 Å². The van der Waals surface area contributed by atoms with Crippen LogP contribution in [-0.4, -0.2) is 65.8 Å². The third-order valence-corrected chi connectivity index (χ3v) is 6.06. The molecule has 2 heterocycles. The van der Waals surface area contributed by atoms with Crippen LogP contribution >= 0.6 is 0 Å². The fraction of sp³-hybridized carbons (Fsp3) is 0.591. The number of nitrogens with zero attached hydrogens (tertiary/aromatic N) is 2. The molecule has 1 N–H and O–H groups in total. The highest BCUT2D eigenvalue weighted by molar-refractivity contribution is 5.98. The molecule has 3 fully saturated rings. The van der Waals surface area contributed by atoms with Crippen molar-refractivity contribution in [1.29, 1.82) is 0 Å². The average molecular weight is 399 g/mol. The Morgan fingerprint density at radius 2 is 1.76 bits per heavy atom. The van der Waals surface area contributed by atoms with Gasteiger partial charge < -0.3 is 19.9 Å². The van der Waals surface area contributed by atoms with E-state index in [0.717, 1.165) is 44.5 Å². The number of carbonyl (C=O) groups is 3. The lowest BCUT2D eigenvalue weighted by Gasteiger charge is -2.34. The fourth-order valence-corrected chi connectivity index (χ4v) is 4.18. The normalized spacial score (nSPS) is 22.9. The number of amides is 3. The van der Waals surface area contributed by atoms with E-state index < -0.39 is 6.04 Å². The summed E-state index contributed by atoms with van der Waals surface area (Å²) < 4.78 is 6.07. The number of nitrogens with one attached hydrogen (secondary N) is 1. The molecule has 2 saturated heterocycles. The smallest absolute Gasteiger partial charge is 0.254 e. The van der Waals surface area contributed by atoms with Crippen LogP contribution < -0.4 is 10.1 Å². The first-order chi connectivity index (χ1) is 14.1. The minimum absolute atomic E-state index is 0.0847. The van der Waals surface area contributed by atoms with Crippen molar-refractivity contribution in [3.8, 4) is 5.75 Å². The van der Waals surface area contributed by atoms with Crippen LogP contribution in [0.5, 0.6) is 5.75 Å². The van der Waals surface area contributed by atoms with E-state index in [1.54, 1.807) is 17.0 Å². The fourth-order valence-electron chi connectivity index (χ4n) is 4.18. The highest BCUT2D eigenvalue weighted by atomic mass is 16.5. The minimum atomic E-state index is -0.407. The summed E-state index contributed by atoms with van der Waals surface area (Å²) in [6, 6.07) is 6.77. The second kappa shape index (κ2) is 8.43. The Labute approximate surface area is 171 Å². The molecule has 156 valence electrons. The van der Waals surface area contributed by atoms with Gasteiger partial charge in [-0.05, 0) is 43.5 Å². The molecule has 7 nitrogen and oxygen atoms in total. The molecular weight excluding hydrogens is 370 g/mol. The molecule has 1 aromatic rings. The van der Waals surface area contributed by atoms with Gasteiger partial charge in [0.25, 0.3) is 5.91 Å². The molecule has 4 rings (SSSR count). The average Bonchev–Trinajstić information content (AvgIpc) is 3.59. The third kappa shape index (κ3) is 4.38. The van der Waals surface area contributed by atoms with E-state index in [0.29, 0.717) is 31.0 Å². The maximum Gasteiger partial charge on any atom is 0.254 e. The number of hydrogen-bond donors (Lipinski definition) is 1. The van der Waals surface area contributed by atoms with E-state index in [9.17, 15) is 14.4 Å². The summed E-state index contributed by atoms with van der Waals surface area (Å²) in [5.74, 6) is 1.11. The quantitative estimate of drug-likeness (QED) is 0.819. The van der Waals surface area contributed by atoms with Crippen molar-refractivity contribution in [2.24, 2.45) is 5.92 Å². The maximum absolute atomic E-state index is 12.8. The van der Waals surface area contributed by atoms with E-state index in [-0.39, 0.29) is 23.8 Å². The first-order valence-electron chi connectivity index (χ1n) is 10.7. The van der Waals surface area contributed by atoms with Gasteiger partial charge in [-0.15, -0.1) is 0 Å². The van der Waals surface area contributed by atoms with E-state index in [4.69, 9.17) is 4.74 Å². The predicted octanol–water partition coefficient (Wildman–Crippen LogP) is 1.82. The Kier molecular flexibility index (Phi) is 5.74. The first-order valence-corrected chi connectivity index (χ1v) is 10.7. The van der Waals surface area contributed by atoms with Crippen LogP contribution in [0.3, 0.4) is 0 Å². The second-order valence-electron chi connectivity index (χ2n) is 8.15. The molecule has 3 amide bonds. The molecule has 29 heavy (non-hydrogen) atoms.